The Hall–Kier alpha value is -1.89. The monoisotopic (exact) mass is 373 g/mol. The maximum absolute atomic E-state index is 12.8. The number of carbonyl (C=O) groups excluding carboxylic acids is 2. The normalized spacial score (nSPS) is 28.1. The van der Waals surface area contributed by atoms with E-state index in [0.29, 0.717) is 12.3 Å². The molecule has 0 bridgehead atoms. The molecular formula is C20H31N5O2. The molecule has 7 heteroatoms. The Morgan fingerprint density at radius 2 is 2.11 bits per heavy atom. The first-order chi connectivity index (χ1) is 13.0. The van der Waals surface area contributed by atoms with Gasteiger partial charge in [-0.25, -0.2) is 4.98 Å². The Bertz CT molecular complexity index is 666. The average molecular weight is 374 g/mol. The summed E-state index contributed by atoms with van der Waals surface area (Å²) in [7, 11) is 0. The molecule has 2 atom stereocenters. The molecule has 0 aromatic carbocycles. The summed E-state index contributed by atoms with van der Waals surface area (Å²) in [5.74, 6) is 0.701. The number of nitrogens with two attached hydrogens (primary N) is 1. The molecule has 27 heavy (non-hydrogen) atoms. The van der Waals surface area contributed by atoms with Crippen LogP contribution in [0.25, 0.3) is 0 Å². The summed E-state index contributed by atoms with van der Waals surface area (Å²) in [5.41, 5.74) is 7.23. The Labute approximate surface area is 160 Å². The van der Waals surface area contributed by atoms with Gasteiger partial charge in [0.2, 0.25) is 11.8 Å². The van der Waals surface area contributed by atoms with Crippen LogP contribution in [0.3, 0.4) is 0 Å². The third-order valence-corrected chi connectivity index (χ3v) is 6.91. The molecule has 3 heterocycles. The van der Waals surface area contributed by atoms with Gasteiger partial charge in [-0.15, -0.1) is 0 Å². The lowest BCUT2D eigenvalue weighted by molar-refractivity contribution is -0.144. The number of hydrogen-bond acceptors (Lipinski definition) is 4. The van der Waals surface area contributed by atoms with E-state index in [2.05, 4.69) is 14.9 Å². The van der Waals surface area contributed by atoms with Crippen molar-refractivity contribution in [1.29, 1.82) is 0 Å². The van der Waals surface area contributed by atoms with Crippen LogP contribution < -0.4 is 5.73 Å². The van der Waals surface area contributed by atoms with Gasteiger partial charge < -0.3 is 20.5 Å². The highest BCUT2D eigenvalue weighted by molar-refractivity contribution is 5.79. The largest absolute Gasteiger partial charge is 0.348 e. The van der Waals surface area contributed by atoms with Crippen molar-refractivity contribution in [3.63, 3.8) is 0 Å². The Balaban J connectivity index is 1.31. The fraction of sp³-hybridized carbons (Fsp3) is 0.750. The first-order valence-corrected chi connectivity index (χ1v) is 10.3. The number of aromatic nitrogens is 2. The zero-order valence-corrected chi connectivity index (χ0v) is 16.0. The molecule has 7 nitrogen and oxygen atoms in total. The van der Waals surface area contributed by atoms with Gasteiger partial charge in [0.15, 0.2) is 0 Å². The molecule has 1 saturated carbocycles. The van der Waals surface area contributed by atoms with Gasteiger partial charge in [-0.2, -0.15) is 0 Å². The van der Waals surface area contributed by atoms with Crippen LogP contribution in [0.1, 0.15) is 50.6 Å². The average Bonchev–Trinajstić information content (AvgIpc) is 3.34. The second kappa shape index (κ2) is 7.62. The molecular weight excluding hydrogens is 342 g/mol. The number of hydrogen-bond donors (Lipinski definition) is 2. The summed E-state index contributed by atoms with van der Waals surface area (Å²) in [6.45, 7) is 3.22. The third-order valence-electron chi connectivity index (χ3n) is 6.91. The molecule has 1 aromatic heterocycles. The number of nitrogens with one attached hydrogen (secondary N) is 1. The highest BCUT2D eigenvalue weighted by atomic mass is 16.2. The summed E-state index contributed by atoms with van der Waals surface area (Å²) < 4.78 is 0. The molecule has 2 amide bonds. The van der Waals surface area contributed by atoms with Gasteiger partial charge in [-0.1, -0.05) is 0 Å². The number of carbonyl (C=O) groups is 2. The lowest BCUT2D eigenvalue weighted by Crippen LogP contribution is -2.53. The summed E-state index contributed by atoms with van der Waals surface area (Å²) in [6, 6.07) is 0.197. The molecule has 1 aliphatic carbocycles. The van der Waals surface area contributed by atoms with Crippen LogP contribution in [0.4, 0.5) is 0 Å². The number of imidazole rings is 1. The van der Waals surface area contributed by atoms with Gasteiger partial charge >= 0.3 is 0 Å². The predicted octanol–water partition coefficient (Wildman–Crippen LogP) is 1.31. The Kier molecular flexibility index (Phi) is 5.21. The van der Waals surface area contributed by atoms with Crippen LogP contribution >= 0.6 is 0 Å². The Morgan fingerprint density at radius 3 is 2.78 bits per heavy atom. The molecule has 1 spiro atoms. The van der Waals surface area contributed by atoms with Crippen molar-refractivity contribution in [3.8, 4) is 0 Å². The topological polar surface area (TPSA) is 95.3 Å². The number of aromatic amines is 1. The molecule has 148 valence electrons. The van der Waals surface area contributed by atoms with Crippen molar-refractivity contribution in [1.82, 2.24) is 19.8 Å². The number of nitrogens with zero attached hydrogens (tertiary/aromatic N) is 3. The smallest absolute Gasteiger partial charge is 0.225 e. The van der Waals surface area contributed by atoms with E-state index in [4.69, 9.17) is 5.73 Å². The number of amides is 2. The standard InChI is InChI=1S/C20H31N5O2/c21-16-2-1-15(11-16)19(27)24-9-6-20(7-10-24)5-3-18(26)25(13-20)8-4-17-12-22-14-23-17/h12,14-16H,1-11,13,21H2,(H,22,23)/t15-,16+/m1/s1. The van der Waals surface area contributed by atoms with Crippen LogP contribution in [0, 0.1) is 11.3 Å². The van der Waals surface area contributed by atoms with Crippen LogP contribution in [0.15, 0.2) is 12.5 Å². The summed E-state index contributed by atoms with van der Waals surface area (Å²) in [6.07, 6.45) is 10.7. The fourth-order valence-corrected chi connectivity index (χ4v) is 5.09. The molecule has 2 aliphatic heterocycles. The summed E-state index contributed by atoms with van der Waals surface area (Å²) in [5, 5.41) is 0. The number of piperidine rings is 2. The summed E-state index contributed by atoms with van der Waals surface area (Å²) >= 11 is 0. The lowest BCUT2D eigenvalue weighted by atomic mass is 9.72. The van der Waals surface area contributed by atoms with E-state index in [9.17, 15) is 9.59 Å². The van der Waals surface area contributed by atoms with Gasteiger partial charge in [0.05, 0.1) is 6.33 Å². The maximum Gasteiger partial charge on any atom is 0.225 e. The van der Waals surface area contributed by atoms with E-state index in [1.807, 2.05) is 11.1 Å². The third kappa shape index (κ3) is 4.03. The van der Waals surface area contributed by atoms with E-state index in [-0.39, 0.29) is 23.3 Å². The quantitative estimate of drug-likeness (QED) is 0.832. The van der Waals surface area contributed by atoms with Crippen molar-refractivity contribution in [2.75, 3.05) is 26.2 Å². The van der Waals surface area contributed by atoms with Crippen molar-refractivity contribution in [3.05, 3.63) is 18.2 Å². The molecule has 3 fully saturated rings. The van der Waals surface area contributed by atoms with Crippen LogP contribution in [0.5, 0.6) is 0 Å². The molecule has 4 rings (SSSR count). The van der Waals surface area contributed by atoms with E-state index >= 15 is 0 Å². The lowest BCUT2D eigenvalue weighted by Gasteiger charge is -2.47. The minimum absolute atomic E-state index is 0.132. The fourth-order valence-electron chi connectivity index (χ4n) is 5.09. The van der Waals surface area contributed by atoms with Gasteiger partial charge in [0.1, 0.15) is 0 Å². The second-order valence-electron chi connectivity index (χ2n) is 8.74. The molecule has 3 aliphatic rings. The SMILES string of the molecule is N[C@H]1CC[C@@H](C(=O)N2CCC3(CCC(=O)N(CCc4cnc[nH]4)C3)CC2)C1. The highest BCUT2D eigenvalue weighted by Crippen LogP contribution is 2.41. The molecule has 2 saturated heterocycles. The van der Waals surface area contributed by atoms with Crippen molar-refractivity contribution >= 4 is 11.8 Å². The molecule has 1 aromatic rings. The van der Waals surface area contributed by atoms with Gasteiger partial charge in [-0.05, 0) is 43.9 Å². The van der Waals surface area contributed by atoms with Gasteiger partial charge in [0, 0.05) is 62.9 Å². The zero-order valence-electron chi connectivity index (χ0n) is 16.0. The minimum atomic E-state index is 0.132. The van der Waals surface area contributed by atoms with Gasteiger partial charge in [0.25, 0.3) is 0 Å². The predicted molar refractivity (Wildman–Crippen MR) is 102 cm³/mol. The number of rotatable bonds is 4. The second-order valence-corrected chi connectivity index (χ2v) is 8.74. The van der Waals surface area contributed by atoms with E-state index in [0.717, 1.165) is 76.8 Å². The van der Waals surface area contributed by atoms with Crippen molar-refractivity contribution < 1.29 is 9.59 Å². The van der Waals surface area contributed by atoms with Crippen molar-refractivity contribution in [2.45, 2.75) is 57.4 Å². The van der Waals surface area contributed by atoms with Gasteiger partial charge in [-0.3, -0.25) is 9.59 Å². The Morgan fingerprint density at radius 1 is 1.30 bits per heavy atom. The van der Waals surface area contributed by atoms with E-state index < -0.39 is 0 Å². The van der Waals surface area contributed by atoms with Crippen LogP contribution in [-0.4, -0.2) is 63.8 Å². The van der Waals surface area contributed by atoms with E-state index in [1.165, 1.54) is 0 Å². The van der Waals surface area contributed by atoms with E-state index in [1.54, 1.807) is 6.33 Å². The molecule has 0 unspecified atom stereocenters. The minimum Gasteiger partial charge on any atom is -0.348 e. The number of H-pyrrole nitrogens is 1. The highest BCUT2D eigenvalue weighted by Gasteiger charge is 2.42. The van der Waals surface area contributed by atoms with Crippen molar-refractivity contribution in [2.24, 2.45) is 17.1 Å². The van der Waals surface area contributed by atoms with Crippen LogP contribution in [-0.2, 0) is 16.0 Å². The maximum atomic E-state index is 12.8. The first-order valence-electron chi connectivity index (χ1n) is 10.3. The summed E-state index contributed by atoms with van der Waals surface area (Å²) in [4.78, 5) is 36.4. The first kappa shape index (κ1) is 18.5. The molecule has 0 radical (unpaired) electrons. The van der Waals surface area contributed by atoms with Crippen LogP contribution in [0.2, 0.25) is 0 Å². The molecule has 3 N–H and O–H groups in total. The number of likely N-dealkylation sites (tertiary alicyclic amines) is 2. The zero-order chi connectivity index (χ0) is 18.9.